The first-order chi connectivity index (χ1) is 26.3. The molecular formula is C51H31NS. The molecule has 0 radical (unpaired) electrons. The van der Waals surface area contributed by atoms with Crippen molar-refractivity contribution in [3.8, 4) is 21.6 Å². The highest BCUT2D eigenvalue weighted by Crippen LogP contribution is 2.66. The van der Waals surface area contributed by atoms with Crippen molar-refractivity contribution in [3.05, 3.63) is 210 Å². The maximum Gasteiger partial charge on any atom is 0.0740 e. The summed E-state index contributed by atoms with van der Waals surface area (Å²) in [7, 11) is 0. The summed E-state index contributed by atoms with van der Waals surface area (Å²) in [6.07, 6.45) is 0. The van der Waals surface area contributed by atoms with Crippen LogP contribution in [0.4, 0.5) is 17.1 Å². The van der Waals surface area contributed by atoms with E-state index in [-0.39, 0.29) is 0 Å². The Balaban J connectivity index is 1.16. The van der Waals surface area contributed by atoms with Crippen LogP contribution in [-0.4, -0.2) is 0 Å². The van der Waals surface area contributed by atoms with Crippen LogP contribution in [0.2, 0.25) is 0 Å². The van der Waals surface area contributed by atoms with Crippen LogP contribution in [0, 0.1) is 0 Å². The standard InChI is InChI=1S/C51H31NS/c1-2-14-32(15-3-1)52(33-26-28-39-37-18-5-4-16-35(37)36-17-6-7-19-38(36)44(39)30-33)34-27-29-41-40-20-8-11-23-45(40)51(47(41)31-34)46-24-12-9-21-42(46)50-49(51)43-22-10-13-25-48(43)53-50/h1-31H. The van der Waals surface area contributed by atoms with Gasteiger partial charge < -0.3 is 4.90 Å². The van der Waals surface area contributed by atoms with Crippen molar-refractivity contribution in [1.29, 1.82) is 0 Å². The van der Waals surface area contributed by atoms with Gasteiger partial charge in [0.25, 0.3) is 0 Å². The fraction of sp³-hybridized carbons (Fsp3) is 0.0196. The van der Waals surface area contributed by atoms with Crippen LogP contribution in [0.15, 0.2) is 188 Å². The fourth-order valence-electron chi connectivity index (χ4n) is 9.78. The van der Waals surface area contributed by atoms with E-state index < -0.39 is 5.41 Å². The molecule has 1 aromatic heterocycles. The van der Waals surface area contributed by atoms with Gasteiger partial charge in [0.2, 0.25) is 0 Å². The van der Waals surface area contributed by atoms with Crippen molar-refractivity contribution >= 4 is 70.8 Å². The van der Waals surface area contributed by atoms with Crippen molar-refractivity contribution in [2.45, 2.75) is 5.41 Å². The van der Waals surface area contributed by atoms with Crippen LogP contribution in [-0.2, 0) is 5.41 Å². The van der Waals surface area contributed by atoms with E-state index in [1.165, 1.54) is 86.2 Å². The Kier molecular flexibility index (Phi) is 5.92. The van der Waals surface area contributed by atoms with E-state index in [1.54, 1.807) is 0 Å². The van der Waals surface area contributed by atoms with Gasteiger partial charge in [-0.2, -0.15) is 0 Å². The zero-order valence-electron chi connectivity index (χ0n) is 28.8. The van der Waals surface area contributed by atoms with Gasteiger partial charge in [0.05, 0.1) is 5.41 Å². The van der Waals surface area contributed by atoms with Gasteiger partial charge in [-0.05, 0) is 119 Å². The van der Waals surface area contributed by atoms with E-state index in [0.29, 0.717) is 0 Å². The topological polar surface area (TPSA) is 3.24 Å². The average Bonchev–Trinajstić information content (AvgIpc) is 3.85. The fourth-order valence-corrected chi connectivity index (χ4v) is 11.1. The molecule has 10 aromatic rings. The Morgan fingerprint density at radius 3 is 1.58 bits per heavy atom. The number of hydrogen-bond acceptors (Lipinski definition) is 2. The molecule has 2 aliphatic carbocycles. The molecule has 1 atom stereocenters. The molecule has 1 nitrogen and oxygen atoms in total. The van der Waals surface area contributed by atoms with Gasteiger partial charge in [-0.25, -0.2) is 0 Å². The molecule has 0 N–H and O–H groups in total. The summed E-state index contributed by atoms with van der Waals surface area (Å²) in [5.74, 6) is 0. The molecule has 2 aliphatic rings. The third-order valence-corrected chi connectivity index (χ3v) is 13.0. The smallest absolute Gasteiger partial charge is 0.0740 e. The van der Waals surface area contributed by atoms with Crippen molar-refractivity contribution in [2.75, 3.05) is 4.90 Å². The molecule has 0 saturated heterocycles. The molecule has 2 heteroatoms. The maximum atomic E-state index is 2.50. The number of benzene rings is 9. The van der Waals surface area contributed by atoms with Gasteiger partial charge in [0.1, 0.15) is 0 Å². The van der Waals surface area contributed by atoms with Crippen molar-refractivity contribution < 1.29 is 0 Å². The van der Waals surface area contributed by atoms with E-state index in [9.17, 15) is 0 Å². The molecule has 0 aliphatic heterocycles. The van der Waals surface area contributed by atoms with Crippen LogP contribution < -0.4 is 4.90 Å². The highest BCUT2D eigenvalue weighted by atomic mass is 32.1. The molecule has 0 bridgehead atoms. The second-order valence-electron chi connectivity index (χ2n) is 14.4. The Labute approximate surface area is 311 Å². The normalized spacial score (nSPS) is 15.2. The second kappa shape index (κ2) is 10.8. The summed E-state index contributed by atoms with van der Waals surface area (Å²) in [4.78, 5) is 3.84. The van der Waals surface area contributed by atoms with E-state index in [4.69, 9.17) is 0 Å². The van der Waals surface area contributed by atoms with E-state index in [1.807, 2.05) is 11.3 Å². The Morgan fingerprint density at radius 2 is 0.849 bits per heavy atom. The molecule has 246 valence electrons. The number of thiophene rings is 1. The van der Waals surface area contributed by atoms with Crippen LogP contribution in [0.1, 0.15) is 22.3 Å². The zero-order chi connectivity index (χ0) is 34.7. The lowest BCUT2D eigenvalue weighted by atomic mass is 9.70. The molecule has 12 rings (SSSR count). The molecule has 0 saturated carbocycles. The molecule has 9 aromatic carbocycles. The van der Waals surface area contributed by atoms with E-state index in [0.717, 1.165) is 17.1 Å². The van der Waals surface area contributed by atoms with Crippen molar-refractivity contribution in [3.63, 3.8) is 0 Å². The lowest BCUT2D eigenvalue weighted by molar-refractivity contribution is 0.802. The number of nitrogens with zero attached hydrogens (tertiary/aromatic N) is 1. The highest BCUT2D eigenvalue weighted by Gasteiger charge is 2.53. The maximum absolute atomic E-state index is 2.50. The average molecular weight is 690 g/mol. The van der Waals surface area contributed by atoms with Crippen molar-refractivity contribution in [2.24, 2.45) is 0 Å². The molecule has 0 amide bonds. The van der Waals surface area contributed by atoms with Gasteiger partial charge in [-0.3, -0.25) is 0 Å². The number of para-hydroxylation sites is 1. The third-order valence-electron chi connectivity index (χ3n) is 11.8. The molecule has 1 heterocycles. The predicted octanol–water partition coefficient (Wildman–Crippen LogP) is 14.2. The van der Waals surface area contributed by atoms with Gasteiger partial charge in [0.15, 0.2) is 0 Å². The largest absolute Gasteiger partial charge is 0.310 e. The van der Waals surface area contributed by atoms with Gasteiger partial charge >= 0.3 is 0 Å². The van der Waals surface area contributed by atoms with E-state index in [2.05, 4.69) is 193 Å². The van der Waals surface area contributed by atoms with Gasteiger partial charge in [-0.15, -0.1) is 11.3 Å². The Bertz CT molecular complexity index is 3100. The van der Waals surface area contributed by atoms with Gasteiger partial charge in [0, 0.05) is 26.6 Å². The monoisotopic (exact) mass is 689 g/mol. The van der Waals surface area contributed by atoms with E-state index >= 15 is 0 Å². The lowest BCUT2D eigenvalue weighted by Gasteiger charge is -2.32. The number of fused-ring (bicyclic) bond motifs is 18. The third kappa shape index (κ3) is 3.81. The van der Waals surface area contributed by atoms with Crippen LogP contribution in [0.5, 0.6) is 0 Å². The summed E-state index contributed by atoms with van der Waals surface area (Å²) in [5, 5.41) is 9.04. The molecule has 1 unspecified atom stereocenters. The first-order valence-corrected chi connectivity index (χ1v) is 19.2. The number of anilines is 3. The van der Waals surface area contributed by atoms with Crippen LogP contribution >= 0.6 is 11.3 Å². The Hall–Kier alpha value is -6.48. The van der Waals surface area contributed by atoms with Crippen LogP contribution in [0.25, 0.3) is 64.0 Å². The molecule has 0 fully saturated rings. The molecule has 53 heavy (non-hydrogen) atoms. The number of rotatable bonds is 3. The Morgan fingerprint density at radius 1 is 0.340 bits per heavy atom. The SMILES string of the molecule is c1ccc(N(c2ccc3c(c2)C2(c4ccccc4-3)c3ccccc3-c3sc4ccccc4c32)c2ccc3c4ccccc4c4ccccc4c3c2)cc1. The minimum Gasteiger partial charge on any atom is -0.310 e. The summed E-state index contributed by atoms with van der Waals surface area (Å²) in [5.41, 5.74) is 12.5. The first-order valence-electron chi connectivity index (χ1n) is 18.4. The van der Waals surface area contributed by atoms with Crippen molar-refractivity contribution in [1.82, 2.24) is 0 Å². The second-order valence-corrected chi connectivity index (χ2v) is 15.4. The highest BCUT2D eigenvalue weighted by molar-refractivity contribution is 7.22. The zero-order valence-corrected chi connectivity index (χ0v) is 29.6. The lowest BCUT2D eigenvalue weighted by Crippen LogP contribution is -2.26. The quantitative estimate of drug-likeness (QED) is 0.167. The molecular weight excluding hydrogens is 659 g/mol. The van der Waals surface area contributed by atoms with Crippen LogP contribution in [0.3, 0.4) is 0 Å². The summed E-state index contributed by atoms with van der Waals surface area (Å²) in [6.45, 7) is 0. The number of hydrogen-bond donors (Lipinski definition) is 0. The summed E-state index contributed by atoms with van der Waals surface area (Å²) < 4.78 is 1.34. The minimum atomic E-state index is -0.422. The first kappa shape index (κ1) is 29.1. The summed E-state index contributed by atoms with van der Waals surface area (Å²) in [6, 6.07) is 70.1. The minimum absolute atomic E-state index is 0.422. The van der Waals surface area contributed by atoms with Gasteiger partial charge in [-0.1, -0.05) is 146 Å². The summed E-state index contributed by atoms with van der Waals surface area (Å²) >= 11 is 1.94. The predicted molar refractivity (Wildman–Crippen MR) is 225 cm³/mol. The molecule has 1 spiro atoms.